The molecule has 0 fully saturated rings. The van der Waals surface area contributed by atoms with Crippen LogP contribution in [0.5, 0.6) is 0 Å². The second-order valence-corrected chi connectivity index (χ2v) is 6.18. The molecule has 7 heteroatoms. The highest BCUT2D eigenvalue weighted by Crippen LogP contribution is 2.34. The van der Waals surface area contributed by atoms with Gasteiger partial charge in [-0.15, -0.1) is 5.10 Å². The van der Waals surface area contributed by atoms with Crippen LogP contribution in [-0.2, 0) is 4.79 Å². The Morgan fingerprint density at radius 3 is 2.50 bits per heavy atom. The molecular formula is C17H15FN4OS. The highest BCUT2D eigenvalue weighted by atomic mass is 32.2. The van der Waals surface area contributed by atoms with Crippen LogP contribution in [-0.4, -0.2) is 21.1 Å². The summed E-state index contributed by atoms with van der Waals surface area (Å²) >= 11 is 1.25. The molecule has 122 valence electrons. The molecule has 0 radical (unpaired) electrons. The Hall–Kier alpha value is -2.67. The lowest BCUT2D eigenvalue weighted by molar-refractivity contribution is -0.115. The summed E-state index contributed by atoms with van der Waals surface area (Å²) in [7, 11) is 0. The van der Waals surface area contributed by atoms with Crippen LogP contribution in [0.15, 0.2) is 59.8 Å². The zero-order chi connectivity index (χ0) is 16.9. The summed E-state index contributed by atoms with van der Waals surface area (Å²) < 4.78 is 13.0. The number of carbonyl (C=O) groups excluding carboxylic acids is 1. The van der Waals surface area contributed by atoms with E-state index in [1.165, 1.54) is 36.0 Å². The number of carbonyl (C=O) groups is 1. The van der Waals surface area contributed by atoms with Gasteiger partial charge in [0.05, 0.1) is 0 Å². The molecule has 24 heavy (non-hydrogen) atoms. The smallest absolute Gasteiger partial charge is 0.242 e. The van der Waals surface area contributed by atoms with Crippen molar-refractivity contribution in [3.8, 4) is 0 Å². The number of rotatable bonds is 5. The summed E-state index contributed by atoms with van der Waals surface area (Å²) in [6.07, 6.45) is 0. The van der Waals surface area contributed by atoms with Gasteiger partial charge in [0.25, 0.3) is 0 Å². The van der Waals surface area contributed by atoms with E-state index in [1.54, 1.807) is 6.92 Å². The lowest BCUT2D eigenvalue weighted by Crippen LogP contribution is -2.19. The molecule has 1 aromatic heterocycles. The minimum Gasteiger partial charge on any atom is -0.325 e. The second-order valence-electron chi connectivity index (χ2n) is 5.11. The van der Waals surface area contributed by atoms with Gasteiger partial charge in [0.2, 0.25) is 11.1 Å². The van der Waals surface area contributed by atoms with Crippen LogP contribution in [0.25, 0.3) is 0 Å². The Morgan fingerprint density at radius 1 is 1.17 bits per heavy atom. The van der Waals surface area contributed by atoms with E-state index in [4.69, 9.17) is 0 Å². The van der Waals surface area contributed by atoms with Gasteiger partial charge < -0.3 is 5.32 Å². The van der Waals surface area contributed by atoms with Gasteiger partial charge in [-0.2, -0.15) is 0 Å². The van der Waals surface area contributed by atoms with Crippen LogP contribution >= 0.6 is 11.8 Å². The molecule has 1 amide bonds. The van der Waals surface area contributed by atoms with E-state index in [9.17, 15) is 9.18 Å². The number of hydrogen-bond acceptors (Lipinski definition) is 4. The van der Waals surface area contributed by atoms with Gasteiger partial charge >= 0.3 is 0 Å². The van der Waals surface area contributed by atoms with Gasteiger partial charge in [0.15, 0.2) is 0 Å². The molecule has 1 heterocycles. The first-order chi connectivity index (χ1) is 11.6. The maximum Gasteiger partial charge on any atom is 0.242 e. The third-order valence-electron chi connectivity index (χ3n) is 3.25. The molecular weight excluding hydrogens is 327 g/mol. The molecule has 2 N–H and O–H groups in total. The van der Waals surface area contributed by atoms with Gasteiger partial charge in [0, 0.05) is 5.69 Å². The van der Waals surface area contributed by atoms with Crippen molar-refractivity contribution >= 4 is 23.4 Å². The van der Waals surface area contributed by atoms with E-state index < -0.39 is 5.25 Å². The largest absolute Gasteiger partial charge is 0.325 e. The number of aryl methyl sites for hydroxylation is 1. The first-order valence-electron chi connectivity index (χ1n) is 7.29. The number of nitrogens with one attached hydrogen (secondary N) is 2. The first-order valence-corrected chi connectivity index (χ1v) is 8.17. The molecule has 0 aliphatic heterocycles. The van der Waals surface area contributed by atoms with E-state index in [0.717, 1.165) is 5.56 Å². The van der Waals surface area contributed by atoms with Crippen molar-refractivity contribution in [2.45, 2.75) is 17.3 Å². The number of hydrogen-bond donors (Lipinski definition) is 2. The number of nitrogens with zero attached hydrogens (tertiary/aromatic N) is 2. The monoisotopic (exact) mass is 342 g/mol. The fourth-order valence-corrected chi connectivity index (χ4v) is 3.08. The minimum absolute atomic E-state index is 0.222. The van der Waals surface area contributed by atoms with Crippen molar-refractivity contribution in [1.29, 1.82) is 0 Å². The first kappa shape index (κ1) is 16.2. The normalized spacial score (nSPS) is 11.9. The Balaban J connectivity index is 1.83. The second kappa shape index (κ2) is 7.27. The van der Waals surface area contributed by atoms with Gasteiger partial charge in [-0.3, -0.25) is 9.89 Å². The van der Waals surface area contributed by atoms with Crippen LogP contribution in [0.2, 0.25) is 0 Å². The lowest BCUT2D eigenvalue weighted by Gasteiger charge is -2.15. The molecule has 1 atom stereocenters. The Morgan fingerprint density at radius 2 is 1.88 bits per heavy atom. The molecule has 5 nitrogen and oxygen atoms in total. The summed E-state index contributed by atoms with van der Waals surface area (Å²) in [5, 5.41) is 9.62. The zero-order valence-corrected chi connectivity index (χ0v) is 13.7. The zero-order valence-electron chi connectivity index (χ0n) is 12.9. The van der Waals surface area contributed by atoms with Gasteiger partial charge in [-0.1, -0.05) is 42.1 Å². The number of amides is 1. The summed E-state index contributed by atoms with van der Waals surface area (Å²) in [5.41, 5.74) is 1.37. The molecule has 0 aliphatic rings. The van der Waals surface area contributed by atoms with Crippen LogP contribution in [0.4, 0.5) is 10.1 Å². The van der Waals surface area contributed by atoms with E-state index in [2.05, 4.69) is 20.5 Å². The summed E-state index contributed by atoms with van der Waals surface area (Å²) in [6.45, 7) is 1.80. The quantitative estimate of drug-likeness (QED) is 0.693. The van der Waals surface area contributed by atoms with Gasteiger partial charge in [0.1, 0.15) is 16.9 Å². The van der Waals surface area contributed by atoms with Crippen molar-refractivity contribution in [3.63, 3.8) is 0 Å². The van der Waals surface area contributed by atoms with Crippen LogP contribution < -0.4 is 5.32 Å². The number of anilines is 1. The Bertz CT molecular complexity index is 820. The van der Waals surface area contributed by atoms with E-state index in [1.807, 2.05) is 30.3 Å². The van der Waals surface area contributed by atoms with Crippen molar-refractivity contribution in [1.82, 2.24) is 15.2 Å². The number of halogens is 1. The highest BCUT2D eigenvalue weighted by molar-refractivity contribution is 8.00. The fourth-order valence-electron chi connectivity index (χ4n) is 2.12. The molecule has 3 rings (SSSR count). The number of aromatic nitrogens is 3. The molecule has 0 saturated heterocycles. The maximum atomic E-state index is 13.0. The van der Waals surface area contributed by atoms with Crippen LogP contribution in [0.3, 0.4) is 0 Å². The lowest BCUT2D eigenvalue weighted by atomic mass is 10.1. The van der Waals surface area contributed by atoms with Crippen molar-refractivity contribution in [3.05, 3.63) is 71.8 Å². The maximum absolute atomic E-state index is 13.0. The fraction of sp³-hybridized carbons (Fsp3) is 0.118. The molecule has 3 aromatic rings. The highest BCUT2D eigenvalue weighted by Gasteiger charge is 2.24. The van der Waals surface area contributed by atoms with Crippen LogP contribution in [0, 0.1) is 12.7 Å². The number of aromatic amines is 1. The molecule has 0 saturated carbocycles. The van der Waals surface area contributed by atoms with E-state index >= 15 is 0 Å². The Kier molecular flexibility index (Phi) is 4.90. The number of H-pyrrole nitrogens is 1. The summed E-state index contributed by atoms with van der Waals surface area (Å²) in [5.74, 6) is 0.113. The third-order valence-corrected chi connectivity index (χ3v) is 4.37. The molecule has 2 aromatic carbocycles. The SMILES string of the molecule is Cc1nc(SC(C(=O)Nc2ccc(F)cc2)c2ccccc2)n[nH]1. The molecule has 0 spiro atoms. The summed E-state index contributed by atoms with van der Waals surface area (Å²) in [6, 6.07) is 15.0. The minimum atomic E-state index is -0.522. The van der Waals surface area contributed by atoms with Crippen LogP contribution in [0.1, 0.15) is 16.6 Å². The number of thioether (sulfide) groups is 1. The van der Waals surface area contributed by atoms with Gasteiger partial charge in [-0.25, -0.2) is 9.37 Å². The van der Waals surface area contributed by atoms with Crippen molar-refractivity contribution < 1.29 is 9.18 Å². The standard InChI is InChI=1S/C17H15FN4OS/c1-11-19-17(22-21-11)24-15(12-5-3-2-4-6-12)16(23)20-14-9-7-13(18)8-10-14/h2-10,15H,1H3,(H,20,23)(H,19,21,22). The number of benzene rings is 2. The summed E-state index contributed by atoms with van der Waals surface area (Å²) in [4.78, 5) is 17.0. The van der Waals surface area contributed by atoms with Crippen molar-refractivity contribution in [2.75, 3.05) is 5.32 Å². The molecule has 1 unspecified atom stereocenters. The molecule has 0 aliphatic carbocycles. The van der Waals surface area contributed by atoms with Crippen molar-refractivity contribution in [2.24, 2.45) is 0 Å². The predicted octanol–water partition coefficient (Wildman–Crippen LogP) is 3.72. The average Bonchev–Trinajstić information content (AvgIpc) is 3.00. The van der Waals surface area contributed by atoms with E-state index in [-0.39, 0.29) is 11.7 Å². The third kappa shape index (κ3) is 3.99. The predicted molar refractivity (Wildman–Crippen MR) is 91.2 cm³/mol. The van der Waals surface area contributed by atoms with Gasteiger partial charge in [-0.05, 0) is 36.8 Å². The molecule has 0 bridgehead atoms. The average molecular weight is 342 g/mol. The van der Waals surface area contributed by atoms with E-state index in [0.29, 0.717) is 16.7 Å². The Labute approximate surface area is 142 Å². The topological polar surface area (TPSA) is 70.7 Å².